The lowest BCUT2D eigenvalue weighted by Crippen LogP contribution is -2.42. The van der Waals surface area contributed by atoms with Crippen LogP contribution >= 0.6 is 0 Å². The van der Waals surface area contributed by atoms with Crippen molar-refractivity contribution in [1.82, 2.24) is 14.7 Å². The Morgan fingerprint density at radius 1 is 1.29 bits per heavy atom. The molecule has 1 saturated heterocycles. The van der Waals surface area contributed by atoms with Crippen LogP contribution in [0.1, 0.15) is 45.2 Å². The van der Waals surface area contributed by atoms with E-state index in [0.29, 0.717) is 19.1 Å². The maximum Gasteiger partial charge on any atom is 0.410 e. The van der Waals surface area contributed by atoms with Crippen LogP contribution < -0.4 is 0 Å². The Morgan fingerprint density at radius 3 is 2.46 bits per heavy atom. The van der Waals surface area contributed by atoms with Gasteiger partial charge in [-0.25, -0.2) is 4.79 Å². The molecular weight excluding hydrogens is 318 g/mol. The number of ether oxygens (including phenoxy) is 1. The monoisotopic (exact) mass is 347 g/mol. The molecule has 0 N–H and O–H groups in total. The van der Waals surface area contributed by atoms with Crippen LogP contribution in [0.2, 0.25) is 19.6 Å². The standard InChI is InChI=1S/C18H29N3O2Si/c1-18(2,3)23-17(22)20-10-7-16(8-11-20)21-14-15(13-19-21)9-12-24(4,5)6/h13-14,16H,7-8,10-11H2,1-6H3. The zero-order valence-electron chi connectivity index (χ0n) is 15.7. The minimum Gasteiger partial charge on any atom is -0.444 e. The molecule has 1 aliphatic rings. The third kappa shape index (κ3) is 5.71. The van der Waals surface area contributed by atoms with Gasteiger partial charge in [0.25, 0.3) is 0 Å². The summed E-state index contributed by atoms with van der Waals surface area (Å²) in [6.07, 6.45) is 5.43. The van der Waals surface area contributed by atoms with Crippen LogP contribution in [0, 0.1) is 11.5 Å². The average molecular weight is 348 g/mol. The fourth-order valence-corrected chi connectivity index (χ4v) is 3.02. The Labute approximate surface area is 146 Å². The first-order chi connectivity index (χ1) is 11.0. The molecular formula is C18H29N3O2Si. The summed E-state index contributed by atoms with van der Waals surface area (Å²) >= 11 is 0. The zero-order valence-corrected chi connectivity index (χ0v) is 16.7. The van der Waals surface area contributed by atoms with Crippen molar-refractivity contribution >= 4 is 14.2 Å². The summed E-state index contributed by atoms with van der Waals surface area (Å²) in [7, 11) is -1.37. The second-order valence-corrected chi connectivity index (χ2v) is 13.2. The molecule has 1 fully saturated rings. The van der Waals surface area contributed by atoms with E-state index in [0.717, 1.165) is 18.4 Å². The second kappa shape index (κ2) is 7.02. The van der Waals surface area contributed by atoms with Crippen molar-refractivity contribution in [3.05, 3.63) is 18.0 Å². The number of nitrogens with zero attached hydrogens (tertiary/aromatic N) is 3. The van der Waals surface area contributed by atoms with Crippen LogP contribution in [0.5, 0.6) is 0 Å². The highest BCUT2D eigenvalue weighted by Crippen LogP contribution is 2.23. The summed E-state index contributed by atoms with van der Waals surface area (Å²) in [5, 5.41) is 4.46. The van der Waals surface area contributed by atoms with E-state index in [4.69, 9.17) is 4.74 Å². The van der Waals surface area contributed by atoms with Crippen LogP contribution in [-0.2, 0) is 4.74 Å². The zero-order chi connectivity index (χ0) is 18.0. The number of aromatic nitrogens is 2. The normalized spacial score (nSPS) is 16.5. The molecule has 1 aromatic heterocycles. The van der Waals surface area contributed by atoms with Crippen molar-refractivity contribution in [3.8, 4) is 11.5 Å². The SMILES string of the molecule is CC(C)(C)OC(=O)N1CCC(n2cc(C#C[Si](C)(C)C)cn2)CC1. The van der Waals surface area contributed by atoms with Gasteiger partial charge >= 0.3 is 6.09 Å². The molecule has 2 rings (SSSR count). The smallest absolute Gasteiger partial charge is 0.410 e. The topological polar surface area (TPSA) is 47.4 Å². The minimum absolute atomic E-state index is 0.219. The van der Waals surface area contributed by atoms with Gasteiger partial charge in [-0.1, -0.05) is 25.6 Å². The molecule has 0 aliphatic carbocycles. The summed E-state index contributed by atoms with van der Waals surface area (Å²) in [5.41, 5.74) is 3.90. The first-order valence-corrected chi connectivity index (χ1v) is 12.1. The molecule has 0 spiro atoms. The van der Waals surface area contributed by atoms with Gasteiger partial charge in [-0.05, 0) is 33.6 Å². The molecule has 0 aromatic carbocycles. The molecule has 2 heterocycles. The largest absolute Gasteiger partial charge is 0.444 e. The highest BCUT2D eigenvalue weighted by Gasteiger charge is 2.27. The van der Waals surface area contributed by atoms with Crippen molar-refractivity contribution in [2.24, 2.45) is 0 Å². The quantitative estimate of drug-likeness (QED) is 0.575. The summed E-state index contributed by atoms with van der Waals surface area (Å²) < 4.78 is 7.44. The molecule has 0 atom stereocenters. The van der Waals surface area contributed by atoms with E-state index in [1.165, 1.54) is 0 Å². The maximum absolute atomic E-state index is 12.1. The predicted octanol–water partition coefficient (Wildman–Crippen LogP) is 3.68. The fourth-order valence-electron chi connectivity index (χ4n) is 2.50. The van der Waals surface area contributed by atoms with Crippen LogP contribution in [0.25, 0.3) is 0 Å². The van der Waals surface area contributed by atoms with Gasteiger partial charge in [-0.15, -0.1) is 5.54 Å². The van der Waals surface area contributed by atoms with Gasteiger partial charge in [0.2, 0.25) is 0 Å². The lowest BCUT2D eigenvalue weighted by Gasteiger charge is -2.33. The molecule has 0 bridgehead atoms. The first-order valence-electron chi connectivity index (χ1n) is 8.59. The number of carbonyl (C=O) groups is 1. The van der Waals surface area contributed by atoms with Gasteiger partial charge in [0.05, 0.1) is 17.8 Å². The van der Waals surface area contributed by atoms with E-state index < -0.39 is 13.7 Å². The van der Waals surface area contributed by atoms with Crippen molar-refractivity contribution in [1.29, 1.82) is 0 Å². The van der Waals surface area contributed by atoms with Gasteiger partial charge < -0.3 is 9.64 Å². The molecule has 132 valence electrons. The Kier molecular flexibility index (Phi) is 5.44. The average Bonchev–Trinajstić information content (AvgIpc) is 2.92. The van der Waals surface area contributed by atoms with Gasteiger partial charge in [-0.2, -0.15) is 5.10 Å². The molecule has 0 saturated carbocycles. The van der Waals surface area contributed by atoms with Gasteiger partial charge in [0, 0.05) is 19.3 Å². The van der Waals surface area contributed by atoms with Crippen molar-refractivity contribution in [3.63, 3.8) is 0 Å². The third-order valence-corrected chi connectivity index (χ3v) is 4.55. The van der Waals surface area contributed by atoms with E-state index in [1.54, 1.807) is 4.90 Å². The summed E-state index contributed by atoms with van der Waals surface area (Å²) in [5.74, 6) is 3.24. The number of rotatable bonds is 1. The number of carbonyl (C=O) groups excluding carboxylic acids is 1. The maximum atomic E-state index is 12.1. The Balaban J connectivity index is 1.92. The predicted molar refractivity (Wildman–Crippen MR) is 98.5 cm³/mol. The Bertz CT molecular complexity index is 636. The number of likely N-dealkylation sites (tertiary alicyclic amines) is 1. The van der Waals surface area contributed by atoms with Crippen LogP contribution in [0.15, 0.2) is 12.4 Å². The molecule has 24 heavy (non-hydrogen) atoms. The van der Waals surface area contributed by atoms with Gasteiger partial charge in [0.15, 0.2) is 0 Å². The molecule has 1 amide bonds. The summed E-state index contributed by atoms with van der Waals surface area (Å²) in [6.45, 7) is 13.8. The molecule has 5 nitrogen and oxygen atoms in total. The van der Waals surface area contributed by atoms with E-state index in [-0.39, 0.29) is 6.09 Å². The van der Waals surface area contributed by atoms with Crippen LogP contribution in [0.3, 0.4) is 0 Å². The first kappa shape index (κ1) is 18.6. The summed E-state index contributed by atoms with van der Waals surface area (Å²) in [4.78, 5) is 13.9. The lowest BCUT2D eigenvalue weighted by molar-refractivity contribution is 0.0185. The lowest BCUT2D eigenvalue weighted by atomic mass is 10.1. The van der Waals surface area contributed by atoms with Crippen molar-refractivity contribution < 1.29 is 9.53 Å². The molecule has 1 aromatic rings. The number of piperidine rings is 1. The molecule has 6 heteroatoms. The second-order valence-electron chi connectivity index (χ2n) is 8.41. The highest BCUT2D eigenvalue weighted by molar-refractivity contribution is 6.83. The summed E-state index contributed by atoms with van der Waals surface area (Å²) in [6, 6.07) is 0.325. The highest BCUT2D eigenvalue weighted by atomic mass is 28.3. The van der Waals surface area contributed by atoms with Gasteiger partial charge in [0.1, 0.15) is 13.7 Å². The van der Waals surface area contributed by atoms with E-state index in [2.05, 4.69) is 36.2 Å². The van der Waals surface area contributed by atoms with Crippen LogP contribution in [-0.4, -0.2) is 47.5 Å². The third-order valence-electron chi connectivity index (χ3n) is 3.67. The molecule has 0 radical (unpaired) electrons. The molecule has 0 unspecified atom stereocenters. The Hall–Kier alpha value is -1.74. The minimum atomic E-state index is -1.37. The Morgan fingerprint density at radius 2 is 1.92 bits per heavy atom. The van der Waals surface area contributed by atoms with E-state index >= 15 is 0 Å². The number of hydrogen-bond acceptors (Lipinski definition) is 3. The van der Waals surface area contributed by atoms with Crippen molar-refractivity contribution in [2.75, 3.05) is 13.1 Å². The molecule has 1 aliphatic heterocycles. The van der Waals surface area contributed by atoms with Gasteiger partial charge in [-0.3, -0.25) is 4.68 Å². The number of hydrogen-bond donors (Lipinski definition) is 0. The van der Waals surface area contributed by atoms with Crippen molar-refractivity contribution in [2.45, 2.75) is 64.9 Å². The van der Waals surface area contributed by atoms with E-state index in [9.17, 15) is 4.79 Å². The number of amides is 1. The van der Waals surface area contributed by atoms with E-state index in [1.807, 2.05) is 37.8 Å². The van der Waals surface area contributed by atoms with Crippen LogP contribution in [0.4, 0.5) is 4.79 Å². The fraction of sp³-hybridized carbons (Fsp3) is 0.667.